The average Bonchev–Trinajstić information content (AvgIpc) is 3.12. The van der Waals surface area contributed by atoms with E-state index in [2.05, 4.69) is 23.3 Å². The van der Waals surface area contributed by atoms with Gasteiger partial charge in [0.1, 0.15) is 5.69 Å². The van der Waals surface area contributed by atoms with Crippen LogP contribution in [0.4, 0.5) is 0 Å². The van der Waals surface area contributed by atoms with Gasteiger partial charge in [0.25, 0.3) is 16.1 Å². The number of amides is 1. The molecule has 4 N–H and O–H groups in total. The molecule has 0 saturated carbocycles. The third-order valence-electron chi connectivity index (χ3n) is 4.60. The second kappa shape index (κ2) is 6.19. The van der Waals surface area contributed by atoms with E-state index in [1.54, 1.807) is 0 Å². The van der Waals surface area contributed by atoms with Crippen molar-refractivity contribution in [2.75, 3.05) is 13.1 Å². The Bertz CT molecular complexity index is 888. The lowest BCUT2D eigenvalue weighted by Crippen LogP contribution is -2.40. The first-order chi connectivity index (χ1) is 11.3. The molecule has 0 unspecified atom stereocenters. The van der Waals surface area contributed by atoms with Crippen LogP contribution in [0.2, 0.25) is 0 Å². The van der Waals surface area contributed by atoms with Gasteiger partial charge in [-0.05, 0) is 43.0 Å². The van der Waals surface area contributed by atoms with E-state index in [0.717, 1.165) is 22.9 Å². The van der Waals surface area contributed by atoms with Crippen molar-refractivity contribution >= 4 is 27.0 Å². The third kappa shape index (κ3) is 3.17. The second-order valence-corrected chi connectivity index (χ2v) is 7.77. The highest BCUT2D eigenvalue weighted by Crippen LogP contribution is 2.23. The fourth-order valence-electron chi connectivity index (χ4n) is 3.16. The van der Waals surface area contributed by atoms with Gasteiger partial charge in [-0.2, -0.15) is 12.7 Å². The Labute approximate surface area is 141 Å². The summed E-state index contributed by atoms with van der Waals surface area (Å²) in [5.74, 6) is -0.219. The number of H-pyrrole nitrogens is 1. The first-order valence-electron chi connectivity index (χ1n) is 7.99. The Hall–Kier alpha value is -1.90. The van der Waals surface area contributed by atoms with Gasteiger partial charge in [-0.15, -0.1) is 0 Å². The molecular formula is C16H22N4O3S. The lowest BCUT2D eigenvalue weighted by atomic mass is 10.1. The summed E-state index contributed by atoms with van der Waals surface area (Å²) in [7, 11) is -3.70. The topological polar surface area (TPSA) is 108 Å². The van der Waals surface area contributed by atoms with E-state index in [1.807, 2.05) is 19.1 Å². The number of carbonyl (C=O) groups excluding carboxylic acids is 1. The van der Waals surface area contributed by atoms with Crippen molar-refractivity contribution in [1.29, 1.82) is 0 Å². The molecule has 2 heterocycles. The van der Waals surface area contributed by atoms with E-state index in [-0.39, 0.29) is 18.5 Å². The van der Waals surface area contributed by atoms with E-state index in [9.17, 15) is 13.2 Å². The van der Waals surface area contributed by atoms with Crippen LogP contribution in [-0.2, 0) is 16.6 Å². The summed E-state index contributed by atoms with van der Waals surface area (Å²) in [6, 6.07) is 5.89. The van der Waals surface area contributed by atoms with Crippen molar-refractivity contribution in [1.82, 2.24) is 14.6 Å². The molecule has 0 bridgehead atoms. The van der Waals surface area contributed by atoms with Crippen LogP contribution in [0.1, 0.15) is 35.0 Å². The van der Waals surface area contributed by atoms with E-state index in [4.69, 9.17) is 5.14 Å². The number of aryl methyl sites for hydroxylation is 2. The minimum absolute atomic E-state index is 0.212. The van der Waals surface area contributed by atoms with Crippen LogP contribution in [0, 0.1) is 6.92 Å². The second-order valence-electron chi connectivity index (χ2n) is 6.22. The number of carbonyl (C=O) groups is 1. The largest absolute Gasteiger partial charge is 0.350 e. The van der Waals surface area contributed by atoms with Gasteiger partial charge >= 0.3 is 0 Å². The summed E-state index contributed by atoms with van der Waals surface area (Å²) >= 11 is 0. The molecule has 24 heavy (non-hydrogen) atoms. The van der Waals surface area contributed by atoms with Gasteiger partial charge in [-0.3, -0.25) is 4.79 Å². The molecule has 7 nitrogen and oxygen atoms in total. The summed E-state index contributed by atoms with van der Waals surface area (Å²) in [5.41, 5.74) is 3.56. The van der Waals surface area contributed by atoms with E-state index in [1.165, 1.54) is 9.87 Å². The van der Waals surface area contributed by atoms with E-state index < -0.39 is 10.2 Å². The molecule has 1 aromatic carbocycles. The number of nitrogens with zero attached hydrogens (tertiary/aromatic N) is 1. The summed E-state index contributed by atoms with van der Waals surface area (Å²) in [6.45, 7) is 4.55. The zero-order valence-corrected chi connectivity index (χ0v) is 14.6. The van der Waals surface area contributed by atoms with Gasteiger partial charge in [-0.25, -0.2) is 5.14 Å². The van der Waals surface area contributed by atoms with Gasteiger partial charge in [0.05, 0.1) is 0 Å². The van der Waals surface area contributed by atoms with Crippen molar-refractivity contribution in [3.63, 3.8) is 0 Å². The van der Waals surface area contributed by atoms with Crippen LogP contribution < -0.4 is 10.5 Å². The summed E-state index contributed by atoms with van der Waals surface area (Å²) in [5, 5.41) is 9.06. The number of hydrogen-bond acceptors (Lipinski definition) is 3. The van der Waals surface area contributed by atoms with Gasteiger partial charge in [0, 0.05) is 30.0 Å². The standard InChI is InChI=1S/C16H22N4O3S/c1-3-11-4-5-14-13(8-11)10(2)15(19-14)16(21)18-12-6-7-20(9-12)24(17,22)23/h4-5,8,12,19H,3,6-7,9H2,1-2H3,(H,18,21)(H2,17,22,23)/t12-/m1/s1. The number of rotatable bonds is 4. The minimum Gasteiger partial charge on any atom is -0.350 e. The molecule has 0 radical (unpaired) electrons. The van der Waals surface area contributed by atoms with Crippen LogP contribution >= 0.6 is 0 Å². The molecule has 1 saturated heterocycles. The lowest BCUT2D eigenvalue weighted by molar-refractivity contribution is 0.0934. The predicted octanol–water partition coefficient (Wildman–Crippen LogP) is 1.05. The van der Waals surface area contributed by atoms with Gasteiger partial charge in [0.2, 0.25) is 0 Å². The van der Waals surface area contributed by atoms with Crippen LogP contribution in [0.15, 0.2) is 18.2 Å². The fourth-order valence-corrected chi connectivity index (χ4v) is 3.90. The number of aromatic amines is 1. The molecule has 1 amide bonds. The number of nitrogens with two attached hydrogens (primary N) is 1. The van der Waals surface area contributed by atoms with Crippen molar-refractivity contribution in [2.24, 2.45) is 5.14 Å². The highest BCUT2D eigenvalue weighted by atomic mass is 32.2. The van der Waals surface area contributed by atoms with Crippen LogP contribution in [0.25, 0.3) is 10.9 Å². The van der Waals surface area contributed by atoms with Crippen molar-refractivity contribution in [3.05, 3.63) is 35.0 Å². The molecule has 1 fully saturated rings. The minimum atomic E-state index is -3.70. The molecule has 1 aromatic heterocycles. The van der Waals surface area contributed by atoms with Gasteiger partial charge in [0.15, 0.2) is 0 Å². The molecule has 0 aliphatic carbocycles. The van der Waals surface area contributed by atoms with E-state index in [0.29, 0.717) is 18.7 Å². The third-order valence-corrected chi connectivity index (χ3v) is 5.66. The van der Waals surface area contributed by atoms with E-state index >= 15 is 0 Å². The molecular weight excluding hydrogens is 328 g/mol. The Morgan fingerprint density at radius 3 is 2.83 bits per heavy atom. The first-order valence-corrected chi connectivity index (χ1v) is 9.50. The number of benzene rings is 1. The maximum absolute atomic E-state index is 12.6. The Morgan fingerprint density at radius 2 is 2.21 bits per heavy atom. The summed E-state index contributed by atoms with van der Waals surface area (Å²) in [4.78, 5) is 15.7. The number of fused-ring (bicyclic) bond motifs is 1. The Kier molecular flexibility index (Phi) is 4.37. The summed E-state index contributed by atoms with van der Waals surface area (Å²) in [6.07, 6.45) is 1.50. The molecule has 8 heteroatoms. The molecule has 1 aliphatic heterocycles. The quantitative estimate of drug-likeness (QED) is 0.767. The predicted molar refractivity (Wildman–Crippen MR) is 93.0 cm³/mol. The molecule has 1 atom stereocenters. The molecule has 0 spiro atoms. The highest BCUT2D eigenvalue weighted by molar-refractivity contribution is 7.86. The normalized spacial score (nSPS) is 19.0. The van der Waals surface area contributed by atoms with Gasteiger partial charge in [-0.1, -0.05) is 13.0 Å². The monoisotopic (exact) mass is 350 g/mol. The Balaban J connectivity index is 1.79. The van der Waals surface area contributed by atoms with Crippen molar-refractivity contribution in [3.8, 4) is 0 Å². The smallest absolute Gasteiger partial charge is 0.276 e. The Morgan fingerprint density at radius 1 is 1.46 bits per heavy atom. The van der Waals surface area contributed by atoms with Crippen LogP contribution in [0.5, 0.6) is 0 Å². The lowest BCUT2D eigenvalue weighted by Gasteiger charge is -2.14. The first kappa shape index (κ1) is 16.9. The molecule has 2 aromatic rings. The molecule has 3 rings (SSSR count). The maximum Gasteiger partial charge on any atom is 0.276 e. The fraction of sp³-hybridized carbons (Fsp3) is 0.438. The van der Waals surface area contributed by atoms with Crippen molar-refractivity contribution < 1.29 is 13.2 Å². The SMILES string of the molecule is CCc1ccc2[nH]c(C(=O)N[C@@H]3CCN(S(N)(=O)=O)C3)c(C)c2c1. The number of aromatic nitrogens is 1. The summed E-state index contributed by atoms with van der Waals surface area (Å²) < 4.78 is 23.9. The van der Waals surface area contributed by atoms with Crippen molar-refractivity contribution in [2.45, 2.75) is 32.7 Å². The van der Waals surface area contributed by atoms with Crippen LogP contribution in [0.3, 0.4) is 0 Å². The maximum atomic E-state index is 12.6. The molecule has 1 aliphatic rings. The highest BCUT2D eigenvalue weighted by Gasteiger charge is 2.30. The van der Waals surface area contributed by atoms with Crippen LogP contribution in [-0.4, -0.2) is 42.7 Å². The zero-order valence-electron chi connectivity index (χ0n) is 13.8. The zero-order chi connectivity index (χ0) is 17.5. The average molecular weight is 350 g/mol. The van der Waals surface area contributed by atoms with Gasteiger partial charge < -0.3 is 10.3 Å². The molecule has 130 valence electrons. The number of nitrogens with one attached hydrogen (secondary N) is 2. The number of hydrogen-bond donors (Lipinski definition) is 3.